The second-order valence-electron chi connectivity index (χ2n) is 21.2. The maximum absolute atomic E-state index is 14.2. The molecule has 5 aromatic carbocycles. The fourth-order valence-corrected chi connectivity index (χ4v) is 13.2. The second kappa shape index (κ2) is 26.6. The molecule has 0 saturated carbocycles. The summed E-state index contributed by atoms with van der Waals surface area (Å²) in [6.07, 6.45) is 7.63. The number of rotatable bonds is 28. The van der Waals surface area contributed by atoms with Gasteiger partial charge in [0.2, 0.25) is 5.91 Å². The summed E-state index contributed by atoms with van der Waals surface area (Å²) in [4.78, 5) is 70.5. The molecule has 0 spiro atoms. The number of carboxylic acids is 1. The number of aryl methyl sites for hydroxylation is 1. The number of hydrogen-bond donors (Lipinski definition) is 1. The van der Waals surface area contributed by atoms with E-state index in [9.17, 15) is 19.2 Å². The van der Waals surface area contributed by atoms with Crippen LogP contribution in [0.5, 0.6) is 17.2 Å². The number of amides is 3. The fourth-order valence-electron chi connectivity index (χ4n) is 10.6. The number of fused-ring (bicyclic) bond motifs is 8. The predicted molar refractivity (Wildman–Crippen MR) is 319 cm³/mol. The number of ether oxygens (including phenoxy) is 5. The minimum atomic E-state index is -0.795. The fraction of sp³-hybridized carbons (Fsp3) is 0.419. The Kier molecular flexibility index (Phi) is 19.2. The molecule has 4 aliphatic heterocycles. The van der Waals surface area contributed by atoms with E-state index >= 15 is 0 Å². The summed E-state index contributed by atoms with van der Waals surface area (Å²) in [7, 11) is 6.71. The molecule has 16 nitrogen and oxygen atoms in total. The van der Waals surface area contributed by atoms with Crippen LogP contribution in [0, 0.1) is 6.92 Å². The number of aliphatic imine (C=N–C) groups is 2. The van der Waals surface area contributed by atoms with E-state index in [1.165, 1.54) is 0 Å². The van der Waals surface area contributed by atoms with Crippen molar-refractivity contribution in [3.63, 3.8) is 0 Å². The maximum atomic E-state index is 14.2. The van der Waals surface area contributed by atoms with Crippen molar-refractivity contribution in [2.75, 3.05) is 80.7 Å². The molecule has 0 aromatic heterocycles. The molecule has 5 aromatic rings. The average molecular weight is 1130 g/mol. The summed E-state index contributed by atoms with van der Waals surface area (Å²) in [5.74, 6) is 1.14. The van der Waals surface area contributed by atoms with Gasteiger partial charge in [-0.05, 0) is 110 Å². The third-order valence-electron chi connectivity index (χ3n) is 14.5. The van der Waals surface area contributed by atoms with Gasteiger partial charge in [0.15, 0.2) is 11.5 Å². The van der Waals surface area contributed by atoms with E-state index < -0.39 is 5.97 Å². The van der Waals surface area contributed by atoms with Crippen LogP contribution in [0.2, 0.25) is 0 Å². The van der Waals surface area contributed by atoms with Crippen LogP contribution in [0.25, 0.3) is 0 Å². The molecule has 0 bridgehead atoms. The molecule has 0 unspecified atom stereocenters. The Bertz CT molecular complexity index is 3130. The average Bonchev–Trinajstić information content (AvgIpc) is 3.94. The van der Waals surface area contributed by atoms with Crippen molar-refractivity contribution in [2.24, 2.45) is 9.98 Å². The van der Waals surface area contributed by atoms with Crippen molar-refractivity contribution in [2.45, 2.75) is 103 Å². The molecule has 18 heteroatoms. The highest BCUT2D eigenvalue weighted by Crippen LogP contribution is 2.43. The molecule has 4 heterocycles. The number of methoxy groups -OCH3 is 1. The lowest BCUT2D eigenvalue weighted by Gasteiger charge is -2.30. The van der Waals surface area contributed by atoms with Crippen LogP contribution >= 0.6 is 21.6 Å². The van der Waals surface area contributed by atoms with Crippen molar-refractivity contribution >= 4 is 86.1 Å². The quantitative estimate of drug-likeness (QED) is 0.0371. The van der Waals surface area contributed by atoms with Crippen LogP contribution < -0.4 is 28.9 Å². The standard InChI is InChI=1S/C62H72N6O10S2/c1-7-22-75-24-25-76-23-21-66(20-12-18-58(69)65(5)40-62(3,4)80-79-26-13-19-59(70)71)46-29-42(38-77-55-34-51-49(27-41(55)2)60(72)67-47(36-63-51)31-44-14-8-10-16-53(44)67)28-43(30-46)39-78-57-35-52-50(33-56(57)74-6)61(73)68-48(37-64-52)32-45-15-9-11-17-54(45)68/h8-11,14-17,27-30,33-37,47-48H,7,12-13,18-26,31-32,38-40H2,1-6H3,(H,70,71)/t47-,48-/m0/s1. The van der Waals surface area contributed by atoms with Gasteiger partial charge in [0.05, 0.1) is 61.5 Å². The summed E-state index contributed by atoms with van der Waals surface area (Å²) in [6, 6.07) is 29.0. The number of aliphatic carboxylic acids is 1. The Hall–Kier alpha value is -6.86. The monoisotopic (exact) mass is 1120 g/mol. The van der Waals surface area contributed by atoms with Crippen LogP contribution in [0.1, 0.15) is 101 Å². The van der Waals surface area contributed by atoms with E-state index in [0.717, 1.165) is 57.1 Å². The molecule has 4 aliphatic rings. The zero-order valence-corrected chi connectivity index (χ0v) is 48.2. The predicted octanol–water partition coefficient (Wildman–Crippen LogP) is 11.2. The number of hydrogen-bond acceptors (Lipinski definition) is 14. The number of nitrogens with zero attached hydrogens (tertiary/aromatic N) is 6. The first-order valence-electron chi connectivity index (χ1n) is 27.5. The zero-order chi connectivity index (χ0) is 56.3. The summed E-state index contributed by atoms with van der Waals surface area (Å²) in [6.45, 7) is 12.1. The topological polar surface area (TPSA) is 172 Å². The Labute approximate surface area is 477 Å². The number of para-hydroxylation sites is 2. The molecular formula is C62H72N6O10S2. The van der Waals surface area contributed by atoms with Crippen molar-refractivity contribution in [1.29, 1.82) is 0 Å². The molecule has 0 fully saturated rings. The van der Waals surface area contributed by atoms with Crippen LogP contribution in [0.4, 0.5) is 28.4 Å². The zero-order valence-electron chi connectivity index (χ0n) is 46.6. The molecule has 9 rings (SSSR count). The first kappa shape index (κ1) is 57.8. The molecule has 0 saturated heterocycles. The van der Waals surface area contributed by atoms with Crippen molar-refractivity contribution < 1.29 is 48.0 Å². The minimum Gasteiger partial charge on any atom is -0.493 e. The normalized spacial score (nSPS) is 15.8. The van der Waals surface area contributed by atoms with E-state index in [1.54, 1.807) is 45.7 Å². The van der Waals surface area contributed by atoms with Crippen LogP contribution in [-0.2, 0) is 45.1 Å². The van der Waals surface area contributed by atoms with E-state index in [-0.39, 0.29) is 54.2 Å². The van der Waals surface area contributed by atoms with Gasteiger partial charge < -0.3 is 38.6 Å². The molecule has 80 heavy (non-hydrogen) atoms. The van der Waals surface area contributed by atoms with Gasteiger partial charge >= 0.3 is 5.97 Å². The van der Waals surface area contributed by atoms with E-state index in [4.69, 9.17) is 38.8 Å². The Balaban J connectivity index is 0.964. The summed E-state index contributed by atoms with van der Waals surface area (Å²) < 4.78 is 30.8. The van der Waals surface area contributed by atoms with E-state index in [0.29, 0.717) is 118 Å². The van der Waals surface area contributed by atoms with Gasteiger partial charge in [0.25, 0.3) is 11.8 Å². The van der Waals surface area contributed by atoms with Crippen molar-refractivity contribution in [3.8, 4) is 17.2 Å². The summed E-state index contributed by atoms with van der Waals surface area (Å²) in [5.41, 5.74) is 9.37. The summed E-state index contributed by atoms with van der Waals surface area (Å²) >= 11 is 0. The molecule has 3 amide bonds. The van der Waals surface area contributed by atoms with Crippen molar-refractivity contribution in [3.05, 3.63) is 130 Å². The number of carbonyl (C=O) groups is 4. The lowest BCUT2D eigenvalue weighted by molar-refractivity contribution is -0.137. The smallest absolute Gasteiger partial charge is 0.303 e. The molecule has 2 atom stereocenters. The van der Waals surface area contributed by atoms with Gasteiger partial charge in [0, 0.05) is 111 Å². The second-order valence-corrected chi connectivity index (χ2v) is 24.3. The van der Waals surface area contributed by atoms with Gasteiger partial charge in [-0.3, -0.25) is 39.0 Å². The number of carbonyl (C=O) groups excluding carboxylic acids is 3. The third-order valence-corrected chi connectivity index (χ3v) is 17.8. The van der Waals surface area contributed by atoms with Gasteiger partial charge in [-0.1, -0.05) is 64.9 Å². The third kappa shape index (κ3) is 14.0. The molecule has 1 N–H and O–H groups in total. The Morgan fingerprint density at radius 1 is 0.725 bits per heavy atom. The number of benzene rings is 5. The molecule has 0 aliphatic carbocycles. The van der Waals surface area contributed by atoms with E-state index in [2.05, 4.69) is 43.9 Å². The number of anilines is 3. The lowest BCUT2D eigenvalue weighted by atomic mass is 10.1. The van der Waals surface area contributed by atoms with Crippen LogP contribution in [-0.4, -0.2) is 129 Å². The lowest BCUT2D eigenvalue weighted by Crippen LogP contribution is -2.38. The highest BCUT2D eigenvalue weighted by atomic mass is 33.1. The van der Waals surface area contributed by atoms with Crippen LogP contribution in [0.3, 0.4) is 0 Å². The van der Waals surface area contributed by atoms with Crippen molar-refractivity contribution in [1.82, 2.24) is 4.90 Å². The largest absolute Gasteiger partial charge is 0.493 e. The highest BCUT2D eigenvalue weighted by Gasteiger charge is 2.38. The van der Waals surface area contributed by atoms with Crippen LogP contribution in [0.15, 0.2) is 101 Å². The first-order valence-corrected chi connectivity index (χ1v) is 29.9. The minimum absolute atomic E-state index is 0.0355. The van der Waals surface area contributed by atoms with E-state index in [1.807, 2.05) is 96.9 Å². The molecule has 0 radical (unpaired) electrons. The van der Waals surface area contributed by atoms with Gasteiger partial charge in [-0.25, -0.2) is 0 Å². The summed E-state index contributed by atoms with van der Waals surface area (Å²) in [5, 5.41) is 9.03. The first-order chi connectivity index (χ1) is 38.7. The maximum Gasteiger partial charge on any atom is 0.303 e. The van der Waals surface area contributed by atoms with Gasteiger partial charge in [0.1, 0.15) is 19.0 Å². The Morgan fingerprint density at radius 2 is 1.31 bits per heavy atom. The Morgan fingerprint density at radius 3 is 1.93 bits per heavy atom. The number of carboxylic acid groups (broad SMARTS) is 1. The molecule has 422 valence electrons. The van der Waals surface area contributed by atoms with Gasteiger partial charge in [-0.2, -0.15) is 0 Å². The van der Waals surface area contributed by atoms with Gasteiger partial charge in [-0.15, -0.1) is 0 Å². The SMILES string of the molecule is CCCOCCOCCN(CCCC(=O)N(C)CC(C)(C)SSCCCC(=O)O)c1cc(COc2cc3c(cc2C)C(=O)N2c4ccccc4C[C@H]2C=N3)cc(COc2cc3c(cc2OC)C(=O)N2c4ccccc4C[C@H]2C=N3)c1. The molecular weight excluding hydrogens is 1050 g/mol. The highest BCUT2D eigenvalue weighted by molar-refractivity contribution is 8.77.